The minimum atomic E-state index is -0.516. The van der Waals surface area contributed by atoms with Gasteiger partial charge < -0.3 is 33.9 Å². The number of H-pyrrole nitrogens is 1. The summed E-state index contributed by atoms with van der Waals surface area (Å²) in [5.41, 5.74) is -0.525. The van der Waals surface area contributed by atoms with Crippen LogP contribution in [-0.2, 0) is 25.5 Å². The number of nitrogens with one attached hydrogen (secondary N) is 2. The SMILES string of the molecule is Cc1cn(CC[C@@H](CO)OCCOC[C@H](CCN2CC(C)C(=O)NC2=O)OCCO)c(=O)[nH]c1=O. The molecule has 1 aromatic rings. The second-order valence-corrected chi connectivity index (χ2v) is 8.45. The molecule has 35 heavy (non-hydrogen) atoms. The van der Waals surface area contributed by atoms with Crippen LogP contribution in [0.3, 0.4) is 0 Å². The topological polar surface area (TPSA) is 172 Å². The normalized spacial score (nSPS) is 17.9. The van der Waals surface area contributed by atoms with Crippen LogP contribution in [0.5, 0.6) is 0 Å². The molecular formula is C22H36N4O9. The summed E-state index contributed by atoms with van der Waals surface area (Å²) in [5.74, 6) is -0.575. The molecule has 0 aromatic carbocycles. The Morgan fingerprint density at radius 2 is 1.77 bits per heavy atom. The maximum Gasteiger partial charge on any atom is 0.328 e. The first kappa shape index (κ1) is 28.7. The van der Waals surface area contributed by atoms with Gasteiger partial charge in [0.15, 0.2) is 0 Å². The highest BCUT2D eigenvalue weighted by molar-refractivity contribution is 5.97. The van der Waals surface area contributed by atoms with Crippen molar-refractivity contribution < 1.29 is 34.0 Å². The van der Waals surface area contributed by atoms with Crippen LogP contribution in [0, 0.1) is 12.8 Å². The summed E-state index contributed by atoms with van der Waals surface area (Å²) in [4.78, 5) is 50.6. The molecule has 1 unspecified atom stereocenters. The van der Waals surface area contributed by atoms with Crippen molar-refractivity contribution in [1.82, 2.24) is 19.8 Å². The molecule has 0 radical (unpaired) electrons. The predicted octanol–water partition coefficient (Wildman–Crippen LogP) is -1.42. The van der Waals surface area contributed by atoms with Gasteiger partial charge in [0.25, 0.3) is 5.56 Å². The molecule has 13 nitrogen and oxygen atoms in total. The largest absolute Gasteiger partial charge is 0.394 e. The lowest BCUT2D eigenvalue weighted by Crippen LogP contribution is -2.54. The number of hydrogen-bond donors (Lipinski definition) is 4. The number of aromatic amines is 1. The smallest absolute Gasteiger partial charge is 0.328 e. The molecule has 0 saturated carbocycles. The number of aliphatic hydroxyl groups is 2. The van der Waals surface area contributed by atoms with Gasteiger partial charge in [-0.3, -0.25) is 19.9 Å². The molecule has 2 heterocycles. The van der Waals surface area contributed by atoms with Crippen LogP contribution in [0.15, 0.2) is 15.8 Å². The van der Waals surface area contributed by atoms with Crippen LogP contribution in [-0.4, -0.2) is 102 Å². The van der Waals surface area contributed by atoms with Crippen molar-refractivity contribution in [3.05, 3.63) is 32.6 Å². The Bertz CT molecular complexity index is 932. The van der Waals surface area contributed by atoms with Gasteiger partial charge in [0.1, 0.15) is 0 Å². The minimum Gasteiger partial charge on any atom is -0.394 e. The van der Waals surface area contributed by atoms with Crippen molar-refractivity contribution in [1.29, 1.82) is 0 Å². The number of amides is 3. The van der Waals surface area contributed by atoms with E-state index in [2.05, 4.69) is 10.3 Å². The van der Waals surface area contributed by atoms with Crippen molar-refractivity contribution in [2.24, 2.45) is 5.92 Å². The molecule has 1 aliphatic rings. The second kappa shape index (κ2) is 14.7. The van der Waals surface area contributed by atoms with Gasteiger partial charge in [-0.05, 0) is 19.8 Å². The minimum absolute atomic E-state index is 0.127. The lowest BCUT2D eigenvalue weighted by Gasteiger charge is -2.31. The number of rotatable bonds is 16. The molecule has 1 aromatic heterocycles. The summed E-state index contributed by atoms with van der Waals surface area (Å²) >= 11 is 0. The van der Waals surface area contributed by atoms with Crippen molar-refractivity contribution in [2.45, 2.75) is 45.4 Å². The summed E-state index contributed by atoms with van der Waals surface area (Å²) in [6, 6.07) is -0.433. The quantitative estimate of drug-likeness (QED) is 0.199. The van der Waals surface area contributed by atoms with E-state index in [9.17, 15) is 24.3 Å². The monoisotopic (exact) mass is 500 g/mol. The van der Waals surface area contributed by atoms with Gasteiger partial charge in [0.05, 0.1) is 57.8 Å². The summed E-state index contributed by atoms with van der Waals surface area (Å²) < 4.78 is 18.2. The number of urea groups is 1. The number of aromatic nitrogens is 2. The van der Waals surface area contributed by atoms with Gasteiger partial charge in [0.2, 0.25) is 5.91 Å². The van der Waals surface area contributed by atoms with E-state index >= 15 is 0 Å². The van der Waals surface area contributed by atoms with Crippen LogP contribution in [0.1, 0.15) is 25.3 Å². The zero-order valence-corrected chi connectivity index (χ0v) is 20.2. The van der Waals surface area contributed by atoms with Gasteiger partial charge in [-0.1, -0.05) is 6.92 Å². The molecule has 198 valence electrons. The molecule has 2 rings (SSSR count). The van der Waals surface area contributed by atoms with Crippen molar-refractivity contribution in [3.8, 4) is 0 Å². The number of carbonyl (C=O) groups is 2. The number of carbonyl (C=O) groups excluding carboxylic acids is 2. The van der Waals surface area contributed by atoms with Crippen LogP contribution < -0.4 is 16.6 Å². The molecule has 13 heteroatoms. The Labute approximate surface area is 203 Å². The fraction of sp³-hybridized carbons (Fsp3) is 0.727. The summed E-state index contributed by atoms with van der Waals surface area (Å²) in [6.45, 7) is 4.70. The molecule has 1 fully saturated rings. The highest BCUT2D eigenvalue weighted by Crippen LogP contribution is 2.10. The molecule has 0 aliphatic carbocycles. The molecule has 3 amide bonds. The summed E-state index contributed by atoms with van der Waals surface area (Å²) in [6.07, 6.45) is 1.41. The van der Waals surface area contributed by atoms with Gasteiger partial charge in [-0.2, -0.15) is 0 Å². The Morgan fingerprint density at radius 3 is 2.49 bits per heavy atom. The second-order valence-electron chi connectivity index (χ2n) is 8.45. The van der Waals surface area contributed by atoms with Gasteiger partial charge in [0, 0.05) is 31.4 Å². The van der Waals surface area contributed by atoms with E-state index < -0.39 is 23.4 Å². The maximum atomic E-state index is 12.0. The van der Waals surface area contributed by atoms with Gasteiger partial charge in [-0.25, -0.2) is 9.59 Å². The zero-order chi connectivity index (χ0) is 25.8. The zero-order valence-electron chi connectivity index (χ0n) is 20.2. The third-order valence-corrected chi connectivity index (χ3v) is 5.59. The lowest BCUT2D eigenvalue weighted by molar-refractivity contribution is -0.125. The third-order valence-electron chi connectivity index (χ3n) is 5.59. The van der Waals surface area contributed by atoms with Gasteiger partial charge in [-0.15, -0.1) is 0 Å². The first-order valence-electron chi connectivity index (χ1n) is 11.7. The third kappa shape index (κ3) is 9.53. The fourth-order valence-electron chi connectivity index (χ4n) is 3.51. The Hall–Kier alpha value is -2.58. The molecule has 1 saturated heterocycles. The summed E-state index contributed by atoms with van der Waals surface area (Å²) in [7, 11) is 0. The predicted molar refractivity (Wildman–Crippen MR) is 124 cm³/mol. The molecule has 1 aliphatic heterocycles. The van der Waals surface area contributed by atoms with E-state index in [1.807, 2.05) is 0 Å². The van der Waals surface area contributed by atoms with E-state index in [-0.39, 0.29) is 64.1 Å². The average Bonchev–Trinajstić information content (AvgIpc) is 2.82. The van der Waals surface area contributed by atoms with E-state index in [4.69, 9.17) is 19.3 Å². The maximum absolute atomic E-state index is 12.0. The van der Waals surface area contributed by atoms with Crippen LogP contribution >= 0.6 is 0 Å². The number of imide groups is 1. The van der Waals surface area contributed by atoms with Crippen LogP contribution in [0.2, 0.25) is 0 Å². The standard InChI is InChI=1S/C22H36N4O9/c1-15-11-25(21(31)23-19(15)29)5-3-17(13-28)35-10-9-33-14-18(34-8-7-27)4-6-26-12-16(2)20(30)24-22(26)32/h11,16-18,27-28H,3-10,12-14H2,1-2H3,(H,23,29,31)(H,24,30,32)/t16?,17-,18-/m0/s1. The molecule has 4 N–H and O–H groups in total. The first-order valence-corrected chi connectivity index (χ1v) is 11.7. The number of aliphatic hydroxyl groups excluding tert-OH is 2. The number of aryl methyl sites for hydroxylation is 2. The van der Waals surface area contributed by atoms with Gasteiger partial charge >= 0.3 is 11.7 Å². The molecular weight excluding hydrogens is 464 g/mol. The van der Waals surface area contributed by atoms with E-state index in [1.54, 1.807) is 18.7 Å². The molecule has 3 atom stereocenters. The van der Waals surface area contributed by atoms with Crippen molar-refractivity contribution >= 4 is 11.9 Å². The highest BCUT2D eigenvalue weighted by atomic mass is 16.6. The summed E-state index contributed by atoms with van der Waals surface area (Å²) in [5, 5.41) is 20.9. The molecule has 0 bridgehead atoms. The fourth-order valence-corrected chi connectivity index (χ4v) is 3.51. The Morgan fingerprint density at radius 1 is 1.06 bits per heavy atom. The van der Waals surface area contributed by atoms with Crippen molar-refractivity contribution in [3.63, 3.8) is 0 Å². The number of nitrogens with zero attached hydrogens (tertiary/aromatic N) is 2. The van der Waals surface area contributed by atoms with E-state index in [0.717, 1.165) is 0 Å². The highest BCUT2D eigenvalue weighted by Gasteiger charge is 2.29. The number of hydrogen-bond acceptors (Lipinski definition) is 9. The lowest BCUT2D eigenvalue weighted by atomic mass is 10.1. The molecule has 0 spiro atoms. The van der Waals surface area contributed by atoms with Crippen LogP contribution in [0.25, 0.3) is 0 Å². The van der Waals surface area contributed by atoms with E-state index in [0.29, 0.717) is 31.5 Å². The Balaban J connectivity index is 1.71. The average molecular weight is 501 g/mol. The Kier molecular flexibility index (Phi) is 12.1. The number of ether oxygens (including phenoxy) is 3. The van der Waals surface area contributed by atoms with E-state index in [1.165, 1.54) is 10.8 Å². The first-order chi connectivity index (χ1) is 16.7. The van der Waals surface area contributed by atoms with Crippen LogP contribution in [0.4, 0.5) is 4.79 Å². The van der Waals surface area contributed by atoms with Crippen molar-refractivity contribution in [2.75, 3.05) is 52.7 Å².